The minimum Gasteiger partial charge on any atom is -0.352 e. The average Bonchev–Trinajstić information content (AvgIpc) is 3.12. The summed E-state index contributed by atoms with van der Waals surface area (Å²) in [5.74, 6) is 0.880. The molecule has 2 heterocycles. The fraction of sp³-hybridized carbons (Fsp3) is 0.619. The van der Waals surface area contributed by atoms with E-state index >= 15 is 0 Å². The van der Waals surface area contributed by atoms with Gasteiger partial charge in [-0.05, 0) is 57.3 Å². The highest BCUT2D eigenvalue weighted by molar-refractivity contribution is 5.82. The standard InChI is InChI=1S/C21H30N6O/c1-26-15-7-3-6-10-19(26)21(28)22-17-11-13-18(14-12-17)27-24-20(23-25-27)16-8-4-2-5-9-16/h2,4-5,8-9,17-19H,3,6-7,10-15H2,1H3,(H,22,28). The Morgan fingerprint density at radius 3 is 2.61 bits per heavy atom. The number of amides is 1. The van der Waals surface area contributed by atoms with Gasteiger partial charge in [0.05, 0.1) is 12.1 Å². The summed E-state index contributed by atoms with van der Waals surface area (Å²) in [7, 11) is 2.08. The monoisotopic (exact) mass is 382 g/mol. The van der Waals surface area contributed by atoms with Gasteiger partial charge in [0.1, 0.15) is 0 Å². The van der Waals surface area contributed by atoms with Crippen molar-refractivity contribution in [2.45, 2.75) is 69.5 Å². The van der Waals surface area contributed by atoms with E-state index in [9.17, 15) is 4.79 Å². The molecule has 2 fully saturated rings. The summed E-state index contributed by atoms with van der Waals surface area (Å²) in [5, 5.41) is 16.4. The van der Waals surface area contributed by atoms with Crippen LogP contribution >= 0.6 is 0 Å². The van der Waals surface area contributed by atoms with Crippen molar-refractivity contribution in [2.75, 3.05) is 13.6 Å². The Hall–Kier alpha value is -2.28. The van der Waals surface area contributed by atoms with E-state index < -0.39 is 0 Å². The molecule has 2 aromatic rings. The third-order valence-electron chi connectivity index (χ3n) is 6.15. The van der Waals surface area contributed by atoms with Crippen LogP contribution in [-0.2, 0) is 4.79 Å². The first-order valence-electron chi connectivity index (χ1n) is 10.6. The molecule has 1 aromatic heterocycles. The van der Waals surface area contributed by atoms with Crippen LogP contribution in [0.15, 0.2) is 30.3 Å². The number of carbonyl (C=O) groups is 1. The maximum atomic E-state index is 12.7. The van der Waals surface area contributed by atoms with E-state index in [4.69, 9.17) is 0 Å². The molecule has 1 atom stereocenters. The van der Waals surface area contributed by atoms with Crippen LogP contribution in [0.1, 0.15) is 57.4 Å². The lowest BCUT2D eigenvalue weighted by Gasteiger charge is -2.31. The molecule has 28 heavy (non-hydrogen) atoms. The number of nitrogens with one attached hydrogen (secondary N) is 1. The van der Waals surface area contributed by atoms with Gasteiger partial charge in [-0.2, -0.15) is 4.80 Å². The zero-order chi connectivity index (χ0) is 19.3. The van der Waals surface area contributed by atoms with Crippen molar-refractivity contribution in [2.24, 2.45) is 0 Å². The first kappa shape index (κ1) is 19.1. The molecule has 0 radical (unpaired) electrons. The topological polar surface area (TPSA) is 75.9 Å². The summed E-state index contributed by atoms with van der Waals surface area (Å²) >= 11 is 0. The molecule has 4 rings (SSSR count). The summed E-state index contributed by atoms with van der Waals surface area (Å²) in [5.41, 5.74) is 0.988. The predicted octanol–water partition coefficient (Wildman–Crippen LogP) is 2.81. The van der Waals surface area contributed by atoms with E-state index in [2.05, 4.69) is 32.7 Å². The molecular formula is C21H30N6O. The zero-order valence-corrected chi connectivity index (χ0v) is 16.6. The van der Waals surface area contributed by atoms with E-state index in [1.165, 1.54) is 12.8 Å². The smallest absolute Gasteiger partial charge is 0.237 e. The van der Waals surface area contributed by atoms with Gasteiger partial charge in [-0.25, -0.2) is 0 Å². The lowest BCUT2D eigenvalue weighted by atomic mass is 9.91. The summed E-state index contributed by atoms with van der Waals surface area (Å²) in [6.45, 7) is 1.02. The van der Waals surface area contributed by atoms with Crippen LogP contribution in [0, 0.1) is 0 Å². The van der Waals surface area contributed by atoms with Crippen molar-refractivity contribution in [1.82, 2.24) is 30.4 Å². The number of aromatic nitrogens is 4. The van der Waals surface area contributed by atoms with Crippen LogP contribution in [-0.4, -0.2) is 56.7 Å². The number of hydrogen-bond donors (Lipinski definition) is 1. The SMILES string of the molecule is CN1CCCCCC1C(=O)NC1CCC(n2nnc(-c3ccccc3)n2)CC1. The molecule has 7 nitrogen and oxygen atoms in total. The van der Waals surface area contributed by atoms with Crippen molar-refractivity contribution >= 4 is 5.91 Å². The Bertz CT molecular complexity index is 768. The Kier molecular flexibility index (Phi) is 6.00. The Labute approximate surface area is 166 Å². The minimum atomic E-state index is 0.0330. The number of likely N-dealkylation sites (tertiary alicyclic amines) is 1. The van der Waals surface area contributed by atoms with E-state index in [1.54, 1.807) is 4.80 Å². The number of benzene rings is 1. The quantitative estimate of drug-likeness (QED) is 0.880. The van der Waals surface area contributed by atoms with Crippen molar-refractivity contribution in [3.05, 3.63) is 30.3 Å². The molecule has 7 heteroatoms. The highest BCUT2D eigenvalue weighted by Crippen LogP contribution is 2.28. The molecule has 1 amide bonds. The zero-order valence-electron chi connectivity index (χ0n) is 16.6. The average molecular weight is 383 g/mol. The third kappa shape index (κ3) is 4.41. The molecule has 0 bridgehead atoms. The van der Waals surface area contributed by atoms with Crippen LogP contribution in [0.5, 0.6) is 0 Å². The maximum Gasteiger partial charge on any atom is 0.237 e. The van der Waals surface area contributed by atoms with Gasteiger partial charge >= 0.3 is 0 Å². The maximum absolute atomic E-state index is 12.7. The van der Waals surface area contributed by atoms with Crippen molar-refractivity contribution in [3.8, 4) is 11.4 Å². The van der Waals surface area contributed by atoms with Gasteiger partial charge in [-0.3, -0.25) is 9.69 Å². The van der Waals surface area contributed by atoms with Gasteiger partial charge < -0.3 is 5.32 Å². The normalized spacial score (nSPS) is 26.5. The highest BCUT2D eigenvalue weighted by Gasteiger charge is 2.29. The molecule has 1 unspecified atom stereocenters. The van der Waals surface area contributed by atoms with Crippen LogP contribution in [0.3, 0.4) is 0 Å². The Balaban J connectivity index is 1.30. The summed E-state index contributed by atoms with van der Waals surface area (Å²) in [6.07, 6.45) is 8.42. The number of hydrogen-bond acceptors (Lipinski definition) is 5. The minimum absolute atomic E-state index is 0.0330. The lowest BCUT2D eigenvalue weighted by Crippen LogP contribution is -2.49. The van der Waals surface area contributed by atoms with Gasteiger partial charge in [0.2, 0.25) is 11.7 Å². The number of nitrogens with zero attached hydrogens (tertiary/aromatic N) is 5. The highest BCUT2D eigenvalue weighted by atomic mass is 16.2. The fourth-order valence-electron chi connectivity index (χ4n) is 4.41. The van der Waals surface area contributed by atoms with Gasteiger partial charge in [-0.1, -0.05) is 43.2 Å². The first-order valence-corrected chi connectivity index (χ1v) is 10.6. The number of rotatable bonds is 4. The molecule has 1 aliphatic heterocycles. The van der Waals surface area contributed by atoms with E-state index in [-0.39, 0.29) is 24.0 Å². The van der Waals surface area contributed by atoms with Gasteiger partial charge in [-0.15, -0.1) is 10.2 Å². The van der Waals surface area contributed by atoms with Crippen molar-refractivity contribution in [3.63, 3.8) is 0 Å². The van der Waals surface area contributed by atoms with Crippen molar-refractivity contribution in [1.29, 1.82) is 0 Å². The molecule has 2 aliphatic rings. The van der Waals surface area contributed by atoms with Gasteiger partial charge in [0, 0.05) is 11.6 Å². The van der Waals surface area contributed by atoms with Crippen LogP contribution in [0.2, 0.25) is 0 Å². The molecule has 0 spiro atoms. The molecular weight excluding hydrogens is 352 g/mol. The number of likely N-dealkylation sites (N-methyl/N-ethyl adjacent to an activating group) is 1. The molecule has 1 aliphatic carbocycles. The number of tetrazole rings is 1. The lowest BCUT2D eigenvalue weighted by molar-refractivity contribution is -0.127. The molecule has 1 saturated heterocycles. The number of carbonyl (C=O) groups excluding carboxylic acids is 1. The Morgan fingerprint density at radius 1 is 1.04 bits per heavy atom. The summed E-state index contributed by atoms with van der Waals surface area (Å²) < 4.78 is 0. The second-order valence-corrected chi connectivity index (χ2v) is 8.16. The fourth-order valence-corrected chi connectivity index (χ4v) is 4.41. The molecule has 1 aromatic carbocycles. The Morgan fingerprint density at radius 2 is 1.82 bits per heavy atom. The summed E-state index contributed by atoms with van der Waals surface area (Å²) in [4.78, 5) is 16.7. The van der Waals surface area contributed by atoms with Crippen molar-refractivity contribution < 1.29 is 4.79 Å². The van der Waals surface area contributed by atoms with Crippen LogP contribution in [0.4, 0.5) is 0 Å². The van der Waals surface area contributed by atoms with E-state index in [1.807, 2.05) is 30.3 Å². The first-order chi connectivity index (χ1) is 13.7. The third-order valence-corrected chi connectivity index (χ3v) is 6.15. The van der Waals surface area contributed by atoms with E-state index in [0.29, 0.717) is 5.82 Å². The second-order valence-electron chi connectivity index (χ2n) is 8.16. The summed E-state index contributed by atoms with van der Waals surface area (Å²) in [6, 6.07) is 10.5. The van der Waals surface area contributed by atoms with Crippen LogP contribution < -0.4 is 5.32 Å². The largest absolute Gasteiger partial charge is 0.352 e. The molecule has 1 saturated carbocycles. The predicted molar refractivity (Wildman–Crippen MR) is 108 cm³/mol. The van der Waals surface area contributed by atoms with Gasteiger partial charge in [0.25, 0.3) is 0 Å². The van der Waals surface area contributed by atoms with Gasteiger partial charge in [0.15, 0.2) is 0 Å². The van der Waals surface area contributed by atoms with E-state index in [0.717, 1.165) is 50.6 Å². The second kappa shape index (κ2) is 8.82. The van der Waals surface area contributed by atoms with Crippen LogP contribution in [0.25, 0.3) is 11.4 Å². The molecule has 150 valence electrons. The molecule has 1 N–H and O–H groups in total.